The van der Waals surface area contributed by atoms with E-state index < -0.39 is 0 Å². The minimum atomic E-state index is -0.133. The first kappa shape index (κ1) is 13.5. The highest BCUT2D eigenvalue weighted by atomic mass is 35.5. The number of hydrogen-bond acceptors (Lipinski definition) is 4. The Labute approximate surface area is 112 Å². The van der Waals surface area contributed by atoms with Crippen molar-refractivity contribution in [1.82, 2.24) is 0 Å². The zero-order chi connectivity index (χ0) is 13.1. The molecule has 2 N–H and O–H groups in total. The summed E-state index contributed by atoms with van der Waals surface area (Å²) in [7, 11) is 3.16. The maximum Gasteiger partial charge on any atom is 0.146 e. The molecule has 4 nitrogen and oxygen atoms in total. The average Bonchev–Trinajstić information content (AvgIpc) is 2.91. The molecule has 1 aromatic carbocycles. The van der Waals surface area contributed by atoms with Crippen molar-refractivity contribution in [3.8, 4) is 11.5 Å². The lowest BCUT2D eigenvalue weighted by Gasteiger charge is -2.22. The van der Waals surface area contributed by atoms with Gasteiger partial charge in [0.1, 0.15) is 16.5 Å². The van der Waals surface area contributed by atoms with Gasteiger partial charge < -0.3 is 19.9 Å². The minimum absolute atomic E-state index is 0.133. The van der Waals surface area contributed by atoms with Gasteiger partial charge >= 0.3 is 0 Å². The third-order valence-electron chi connectivity index (χ3n) is 3.35. The summed E-state index contributed by atoms with van der Waals surface area (Å²) in [5.74, 6) is 1.49. The Kier molecular flexibility index (Phi) is 4.32. The Balaban J connectivity index is 2.34. The predicted octanol–water partition coefficient (Wildman–Crippen LogP) is 2.39. The Morgan fingerprint density at radius 1 is 1.39 bits per heavy atom. The van der Waals surface area contributed by atoms with Crippen LogP contribution in [0, 0.1) is 5.92 Å². The van der Waals surface area contributed by atoms with Gasteiger partial charge in [0.05, 0.1) is 20.8 Å². The van der Waals surface area contributed by atoms with Gasteiger partial charge in [-0.15, -0.1) is 0 Å². The molecule has 18 heavy (non-hydrogen) atoms. The standard InChI is InChI=1S/C13H18ClNO3/c1-16-10-4-3-9(13(17-2)11(10)14)12(15)8-5-6-18-7-8/h3-4,8,12H,5-7,15H2,1-2H3. The molecule has 0 aliphatic carbocycles. The van der Waals surface area contributed by atoms with Crippen LogP contribution in [0.1, 0.15) is 18.0 Å². The van der Waals surface area contributed by atoms with Crippen LogP contribution in [0.2, 0.25) is 5.02 Å². The lowest BCUT2D eigenvalue weighted by molar-refractivity contribution is 0.180. The van der Waals surface area contributed by atoms with Gasteiger partial charge in [0.25, 0.3) is 0 Å². The van der Waals surface area contributed by atoms with E-state index in [9.17, 15) is 0 Å². The molecule has 1 aromatic rings. The zero-order valence-electron chi connectivity index (χ0n) is 10.6. The smallest absolute Gasteiger partial charge is 0.146 e. The number of benzene rings is 1. The third-order valence-corrected chi connectivity index (χ3v) is 3.71. The first-order chi connectivity index (χ1) is 8.69. The molecule has 0 saturated carbocycles. The van der Waals surface area contributed by atoms with Crippen molar-refractivity contribution in [3.05, 3.63) is 22.7 Å². The van der Waals surface area contributed by atoms with Crippen molar-refractivity contribution in [2.24, 2.45) is 11.7 Å². The van der Waals surface area contributed by atoms with Gasteiger partial charge in [-0.1, -0.05) is 11.6 Å². The normalized spacial score (nSPS) is 20.8. The zero-order valence-corrected chi connectivity index (χ0v) is 11.4. The second kappa shape index (κ2) is 5.78. The van der Waals surface area contributed by atoms with E-state index in [0.717, 1.165) is 18.6 Å². The summed E-state index contributed by atoms with van der Waals surface area (Å²) in [5, 5.41) is 0.465. The van der Waals surface area contributed by atoms with Crippen LogP contribution in [-0.2, 0) is 4.74 Å². The first-order valence-corrected chi connectivity index (χ1v) is 6.30. The van der Waals surface area contributed by atoms with E-state index in [2.05, 4.69) is 0 Å². The Hall–Kier alpha value is -0.970. The maximum atomic E-state index is 6.28. The van der Waals surface area contributed by atoms with E-state index in [1.165, 1.54) is 0 Å². The van der Waals surface area contributed by atoms with E-state index in [4.69, 9.17) is 31.5 Å². The van der Waals surface area contributed by atoms with Crippen LogP contribution in [0.3, 0.4) is 0 Å². The van der Waals surface area contributed by atoms with Crippen molar-refractivity contribution in [3.63, 3.8) is 0 Å². The fourth-order valence-electron chi connectivity index (χ4n) is 2.27. The molecule has 2 unspecified atom stereocenters. The summed E-state index contributed by atoms with van der Waals surface area (Å²) in [4.78, 5) is 0. The van der Waals surface area contributed by atoms with Crippen LogP contribution in [-0.4, -0.2) is 27.4 Å². The highest BCUT2D eigenvalue weighted by molar-refractivity contribution is 6.33. The summed E-state index contributed by atoms with van der Waals surface area (Å²) in [6.07, 6.45) is 0.966. The molecular weight excluding hydrogens is 254 g/mol. The molecule has 0 amide bonds. The third kappa shape index (κ3) is 2.41. The fourth-order valence-corrected chi connectivity index (χ4v) is 2.60. The van der Waals surface area contributed by atoms with Gasteiger partial charge in [-0.2, -0.15) is 0 Å². The van der Waals surface area contributed by atoms with Crippen molar-refractivity contribution in [2.45, 2.75) is 12.5 Å². The highest BCUT2D eigenvalue weighted by Gasteiger charge is 2.27. The van der Waals surface area contributed by atoms with E-state index in [-0.39, 0.29) is 6.04 Å². The van der Waals surface area contributed by atoms with E-state index in [1.807, 2.05) is 12.1 Å². The van der Waals surface area contributed by atoms with Gasteiger partial charge in [0.15, 0.2) is 0 Å². The van der Waals surface area contributed by atoms with Crippen LogP contribution in [0.5, 0.6) is 11.5 Å². The molecule has 1 fully saturated rings. The van der Waals surface area contributed by atoms with Gasteiger partial charge in [0.2, 0.25) is 0 Å². The molecule has 100 valence electrons. The number of nitrogens with two attached hydrogens (primary N) is 1. The van der Waals surface area contributed by atoms with Crippen molar-refractivity contribution < 1.29 is 14.2 Å². The van der Waals surface area contributed by atoms with Crippen LogP contribution >= 0.6 is 11.6 Å². The Bertz CT molecular complexity index is 419. The number of ether oxygens (including phenoxy) is 3. The molecule has 2 rings (SSSR count). The summed E-state index contributed by atoms with van der Waals surface area (Å²) in [6, 6.07) is 3.59. The molecule has 2 atom stereocenters. The van der Waals surface area contributed by atoms with E-state index >= 15 is 0 Å². The monoisotopic (exact) mass is 271 g/mol. The summed E-state index contributed by atoms with van der Waals surface area (Å²) < 4.78 is 15.9. The quantitative estimate of drug-likeness (QED) is 0.914. The molecule has 1 aliphatic heterocycles. The van der Waals surface area contributed by atoms with E-state index in [1.54, 1.807) is 14.2 Å². The van der Waals surface area contributed by atoms with Crippen molar-refractivity contribution >= 4 is 11.6 Å². The fraction of sp³-hybridized carbons (Fsp3) is 0.538. The number of hydrogen-bond donors (Lipinski definition) is 1. The Morgan fingerprint density at radius 2 is 2.17 bits per heavy atom. The molecule has 1 saturated heterocycles. The minimum Gasteiger partial charge on any atom is -0.495 e. The molecule has 1 aliphatic rings. The molecule has 0 aromatic heterocycles. The van der Waals surface area contributed by atoms with Crippen LogP contribution in [0.15, 0.2) is 12.1 Å². The van der Waals surface area contributed by atoms with Crippen LogP contribution in [0.25, 0.3) is 0 Å². The van der Waals surface area contributed by atoms with Crippen molar-refractivity contribution in [2.75, 3.05) is 27.4 Å². The Morgan fingerprint density at radius 3 is 2.72 bits per heavy atom. The molecule has 0 spiro atoms. The summed E-state index contributed by atoms with van der Waals surface area (Å²) in [5.41, 5.74) is 7.18. The lowest BCUT2D eigenvalue weighted by Crippen LogP contribution is -2.22. The highest BCUT2D eigenvalue weighted by Crippen LogP contribution is 2.41. The lowest BCUT2D eigenvalue weighted by atomic mass is 9.92. The first-order valence-electron chi connectivity index (χ1n) is 5.92. The van der Waals surface area contributed by atoms with Gasteiger partial charge in [0, 0.05) is 24.1 Å². The second-order valence-electron chi connectivity index (χ2n) is 4.35. The van der Waals surface area contributed by atoms with Gasteiger partial charge in [-0.3, -0.25) is 0 Å². The summed E-state index contributed by atoms with van der Waals surface area (Å²) in [6.45, 7) is 1.46. The average molecular weight is 272 g/mol. The second-order valence-corrected chi connectivity index (χ2v) is 4.73. The molecule has 5 heteroatoms. The number of methoxy groups -OCH3 is 2. The van der Waals surface area contributed by atoms with E-state index in [0.29, 0.717) is 29.0 Å². The topological polar surface area (TPSA) is 53.7 Å². The number of rotatable bonds is 4. The molecule has 0 bridgehead atoms. The summed E-state index contributed by atoms with van der Waals surface area (Å²) >= 11 is 6.23. The number of halogens is 1. The van der Waals surface area contributed by atoms with Crippen molar-refractivity contribution in [1.29, 1.82) is 0 Å². The molecule has 1 heterocycles. The molecular formula is C13H18ClNO3. The predicted molar refractivity (Wildman–Crippen MR) is 70.4 cm³/mol. The van der Waals surface area contributed by atoms with Crippen LogP contribution in [0.4, 0.5) is 0 Å². The van der Waals surface area contributed by atoms with Gasteiger partial charge in [-0.25, -0.2) is 0 Å². The maximum absolute atomic E-state index is 6.28. The SMILES string of the molecule is COc1ccc(C(N)C2CCOC2)c(OC)c1Cl. The molecule has 0 radical (unpaired) electrons. The van der Waals surface area contributed by atoms with Gasteiger partial charge in [-0.05, 0) is 18.6 Å². The largest absolute Gasteiger partial charge is 0.495 e. The van der Waals surface area contributed by atoms with Crippen LogP contribution < -0.4 is 15.2 Å².